The molecular formula is C12H25N3O. The molecule has 1 heterocycles. The van der Waals surface area contributed by atoms with Gasteiger partial charge in [0.1, 0.15) is 0 Å². The molecule has 0 radical (unpaired) electrons. The average Bonchev–Trinajstić information content (AvgIpc) is 2.74. The summed E-state index contributed by atoms with van der Waals surface area (Å²) < 4.78 is 0. The van der Waals surface area contributed by atoms with Gasteiger partial charge in [0.25, 0.3) is 0 Å². The number of nitrogens with one attached hydrogen (secondary N) is 2. The summed E-state index contributed by atoms with van der Waals surface area (Å²) in [5.74, 6) is 0.776. The molecule has 1 unspecified atom stereocenters. The van der Waals surface area contributed by atoms with Gasteiger partial charge in [0.05, 0.1) is 6.54 Å². The van der Waals surface area contributed by atoms with E-state index in [-0.39, 0.29) is 5.91 Å². The first-order valence-electron chi connectivity index (χ1n) is 6.46. The molecule has 1 aliphatic heterocycles. The van der Waals surface area contributed by atoms with Gasteiger partial charge in [-0.25, -0.2) is 0 Å². The zero-order chi connectivity index (χ0) is 11.8. The number of nitrogens with zero attached hydrogens (tertiary/aromatic N) is 1. The lowest BCUT2D eigenvalue weighted by atomic mass is 10.1. The highest BCUT2D eigenvalue weighted by molar-refractivity contribution is 5.77. The average molecular weight is 227 g/mol. The normalized spacial score (nSPS) is 21.2. The van der Waals surface area contributed by atoms with Crippen molar-refractivity contribution in [2.45, 2.75) is 26.7 Å². The Morgan fingerprint density at radius 2 is 2.25 bits per heavy atom. The minimum absolute atomic E-state index is 0.128. The van der Waals surface area contributed by atoms with Crippen LogP contribution in [0, 0.1) is 5.92 Å². The van der Waals surface area contributed by atoms with Crippen LogP contribution in [0.25, 0.3) is 0 Å². The molecule has 0 aromatic carbocycles. The Labute approximate surface area is 98.8 Å². The van der Waals surface area contributed by atoms with Crippen LogP contribution in [-0.4, -0.2) is 50.1 Å². The Morgan fingerprint density at radius 3 is 2.88 bits per heavy atom. The Morgan fingerprint density at radius 1 is 1.44 bits per heavy atom. The molecule has 0 aromatic rings. The summed E-state index contributed by atoms with van der Waals surface area (Å²) in [5, 5.41) is 6.11. The van der Waals surface area contributed by atoms with Crippen LogP contribution in [0.15, 0.2) is 0 Å². The minimum Gasteiger partial charge on any atom is -0.355 e. The van der Waals surface area contributed by atoms with Gasteiger partial charge in [-0.05, 0) is 38.4 Å². The van der Waals surface area contributed by atoms with Crippen LogP contribution in [0.4, 0.5) is 0 Å². The third kappa shape index (κ3) is 4.94. The molecule has 1 rings (SSSR count). The maximum Gasteiger partial charge on any atom is 0.233 e. The van der Waals surface area contributed by atoms with Crippen LogP contribution in [0.5, 0.6) is 0 Å². The van der Waals surface area contributed by atoms with E-state index < -0.39 is 0 Å². The fraction of sp³-hybridized carbons (Fsp3) is 0.917. The van der Waals surface area contributed by atoms with Crippen LogP contribution in [0.3, 0.4) is 0 Å². The highest BCUT2D eigenvalue weighted by atomic mass is 16.1. The number of likely N-dealkylation sites (tertiary alicyclic amines) is 1. The molecule has 1 fully saturated rings. The standard InChI is InChI=1S/C12H25N3O/c1-3-6-13-9-12(16)14-8-11-5-7-15(4-2)10-11/h11,13H,3-10H2,1-2H3,(H,14,16). The van der Waals surface area contributed by atoms with E-state index in [0.29, 0.717) is 12.5 Å². The van der Waals surface area contributed by atoms with Gasteiger partial charge in [0.15, 0.2) is 0 Å². The third-order valence-corrected chi connectivity index (χ3v) is 3.12. The van der Waals surface area contributed by atoms with Crippen LogP contribution in [0.1, 0.15) is 26.7 Å². The van der Waals surface area contributed by atoms with Crippen molar-refractivity contribution in [2.75, 3.05) is 39.3 Å². The fourth-order valence-electron chi connectivity index (χ4n) is 2.07. The van der Waals surface area contributed by atoms with Gasteiger partial charge < -0.3 is 15.5 Å². The molecule has 0 aromatic heterocycles. The molecule has 16 heavy (non-hydrogen) atoms. The quantitative estimate of drug-likeness (QED) is 0.621. The second-order valence-corrected chi connectivity index (χ2v) is 4.53. The van der Waals surface area contributed by atoms with Crippen molar-refractivity contribution in [3.05, 3.63) is 0 Å². The highest BCUT2D eigenvalue weighted by Crippen LogP contribution is 2.14. The van der Waals surface area contributed by atoms with E-state index in [4.69, 9.17) is 0 Å². The fourth-order valence-corrected chi connectivity index (χ4v) is 2.07. The first-order chi connectivity index (χ1) is 7.76. The predicted molar refractivity (Wildman–Crippen MR) is 66.4 cm³/mol. The Hall–Kier alpha value is -0.610. The molecule has 94 valence electrons. The largest absolute Gasteiger partial charge is 0.355 e. The third-order valence-electron chi connectivity index (χ3n) is 3.12. The van der Waals surface area contributed by atoms with E-state index in [1.165, 1.54) is 13.0 Å². The Bertz CT molecular complexity index is 208. The molecule has 4 nitrogen and oxygen atoms in total. The Balaban J connectivity index is 2.04. The van der Waals surface area contributed by atoms with Gasteiger partial charge in [-0.2, -0.15) is 0 Å². The maximum absolute atomic E-state index is 11.4. The molecular weight excluding hydrogens is 202 g/mol. The summed E-state index contributed by atoms with van der Waals surface area (Å²) in [5.41, 5.74) is 0. The minimum atomic E-state index is 0.128. The van der Waals surface area contributed by atoms with E-state index >= 15 is 0 Å². The number of carbonyl (C=O) groups excluding carboxylic acids is 1. The lowest BCUT2D eigenvalue weighted by molar-refractivity contribution is -0.120. The summed E-state index contributed by atoms with van der Waals surface area (Å²) in [7, 11) is 0. The van der Waals surface area contributed by atoms with Crippen LogP contribution in [0.2, 0.25) is 0 Å². The van der Waals surface area contributed by atoms with E-state index in [1.807, 2.05) is 0 Å². The first-order valence-corrected chi connectivity index (χ1v) is 6.46. The predicted octanol–water partition coefficient (Wildman–Crippen LogP) is 0.444. The number of hydrogen-bond donors (Lipinski definition) is 2. The second-order valence-electron chi connectivity index (χ2n) is 4.53. The molecule has 0 saturated carbocycles. The summed E-state index contributed by atoms with van der Waals surface area (Å²) in [4.78, 5) is 13.9. The van der Waals surface area contributed by atoms with E-state index in [2.05, 4.69) is 29.4 Å². The van der Waals surface area contributed by atoms with Crippen LogP contribution in [-0.2, 0) is 4.79 Å². The zero-order valence-electron chi connectivity index (χ0n) is 10.6. The van der Waals surface area contributed by atoms with Crippen molar-refractivity contribution in [1.29, 1.82) is 0 Å². The Kier molecular flexibility index (Phi) is 6.42. The van der Waals surface area contributed by atoms with Gasteiger partial charge >= 0.3 is 0 Å². The molecule has 0 aliphatic carbocycles. The molecule has 1 aliphatic rings. The second kappa shape index (κ2) is 7.63. The maximum atomic E-state index is 11.4. The van der Waals surface area contributed by atoms with E-state index in [9.17, 15) is 4.79 Å². The highest BCUT2D eigenvalue weighted by Gasteiger charge is 2.21. The van der Waals surface area contributed by atoms with Crippen molar-refractivity contribution in [3.8, 4) is 0 Å². The van der Waals surface area contributed by atoms with Gasteiger partial charge in [0.2, 0.25) is 5.91 Å². The van der Waals surface area contributed by atoms with Crippen molar-refractivity contribution in [2.24, 2.45) is 5.92 Å². The number of hydrogen-bond acceptors (Lipinski definition) is 3. The topological polar surface area (TPSA) is 44.4 Å². The van der Waals surface area contributed by atoms with E-state index in [1.54, 1.807) is 0 Å². The number of rotatable bonds is 7. The van der Waals surface area contributed by atoms with Gasteiger partial charge in [-0.3, -0.25) is 4.79 Å². The van der Waals surface area contributed by atoms with E-state index in [0.717, 1.165) is 32.6 Å². The summed E-state index contributed by atoms with van der Waals surface area (Å²) in [6.45, 7) is 9.95. The van der Waals surface area contributed by atoms with Crippen LogP contribution >= 0.6 is 0 Å². The molecule has 4 heteroatoms. The smallest absolute Gasteiger partial charge is 0.233 e. The molecule has 1 saturated heterocycles. The molecule has 1 amide bonds. The van der Waals surface area contributed by atoms with Gasteiger partial charge in [-0.15, -0.1) is 0 Å². The van der Waals surface area contributed by atoms with Crippen LogP contribution < -0.4 is 10.6 Å². The van der Waals surface area contributed by atoms with Crippen molar-refractivity contribution < 1.29 is 4.79 Å². The zero-order valence-corrected chi connectivity index (χ0v) is 10.6. The lowest BCUT2D eigenvalue weighted by Gasteiger charge is -2.13. The molecule has 0 bridgehead atoms. The molecule has 0 spiro atoms. The first kappa shape index (κ1) is 13.5. The summed E-state index contributed by atoms with van der Waals surface area (Å²) >= 11 is 0. The summed E-state index contributed by atoms with van der Waals surface area (Å²) in [6.07, 6.45) is 2.29. The monoisotopic (exact) mass is 227 g/mol. The molecule has 1 atom stereocenters. The number of amides is 1. The van der Waals surface area contributed by atoms with Gasteiger partial charge in [0, 0.05) is 13.1 Å². The van der Waals surface area contributed by atoms with Gasteiger partial charge in [-0.1, -0.05) is 13.8 Å². The van der Waals surface area contributed by atoms with Crippen molar-refractivity contribution >= 4 is 5.91 Å². The van der Waals surface area contributed by atoms with Crippen molar-refractivity contribution in [1.82, 2.24) is 15.5 Å². The summed E-state index contributed by atoms with van der Waals surface area (Å²) in [6, 6.07) is 0. The lowest BCUT2D eigenvalue weighted by Crippen LogP contribution is -2.37. The number of carbonyl (C=O) groups is 1. The van der Waals surface area contributed by atoms with Crippen molar-refractivity contribution in [3.63, 3.8) is 0 Å². The molecule has 2 N–H and O–H groups in total. The SMILES string of the molecule is CCCNCC(=O)NCC1CCN(CC)C1.